The van der Waals surface area contributed by atoms with Crippen LogP contribution in [0.1, 0.15) is 29.6 Å². The third kappa shape index (κ3) is 2.46. The molecule has 1 aromatic carbocycles. The van der Waals surface area contributed by atoms with Crippen LogP contribution in [0.4, 0.5) is 0 Å². The van der Waals surface area contributed by atoms with E-state index in [9.17, 15) is 4.79 Å². The Balaban J connectivity index is 2.15. The van der Waals surface area contributed by atoms with E-state index in [1.165, 1.54) is 0 Å². The van der Waals surface area contributed by atoms with E-state index in [0.717, 1.165) is 23.7 Å². The van der Waals surface area contributed by atoms with Crippen molar-refractivity contribution in [3.8, 4) is 6.07 Å². The minimum Gasteiger partial charge on any atom is -0.334 e. The van der Waals surface area contributed by atoms with Gasteiger partial charge in [0.1, 0.15) is 5.54 Å². The van der Waals surface area contributed by atoms with Crippen LogP contribution in [0, 0.1) is 11.3 Å². The Morgan fingerprint density at radius 2 is 2.24 bits per heavy atom. The van der Waals surface area contributed by atoms with E-state index < -0.39 is 5.54 Å². The Morgan fingerprint density at radius 1 is 1.53 bits per heavy atom. The number of rotatable bonds is 2. The molecule has 1 amide bonds. The predicted octanol–water partition coefficient (Wildman–Crippen LogP) is 3.28. The molecule has 17 heavy (non-hydrogen) atoms. The standard InChI is InChI=1S/C12H10BrClN2O/c13-9-3-2-8(6-10(9)14)11(17)16-12(7-15)4-1-5-12/h2-3,6H,1,4-5H2,(H,16,17). The van der Waals surface area contributed by atoms with Crippen molar-refractivity contribution in [2.75, 3.05) is 0 Å². The lowest BCUT2D eigenvalue weighted by Gasteiger charge is -2.35. The highest BCUT2D eigenvalue weighted by molar-refractivity contribution is 9.10. The number of amides is 1. The molecule has 1 N–H and O–H groups in total. The summed E-state index contributed by atoms with van der Waals surface area (Å²) in [5.41, 5.74) is -0.198. The second-order valence-corrected chi connectivity index (χ2v) is 5.39. The van der Waals surface area contributed by atoms with Gasteiger partial charge in [0.25, 0.3) is 5.91 Å². The van der Waals surface area contributed by atoms with Gasteiger partial charge in [0.05, 0.1) is 11.1 Å². The fourth-order valence-corrected chi connectivity index (χ4v) is 2.15. The Kier molecular flexibility index (Phi) is 3.41. The van der Waals surface area contributed by atoms with Gasteiger partial charge in [-0.2, -0.15) is 5.26 Å². The van der Waals surface area contributed by atoms with Gasteiger partial charge in [-0.25, -0.2) is 0 Å². The number of hydrogen-bond donors (Lipinski definition) is 1. The smallest absolute Gasteiger partial charge is 0.252 e. The zero-order chi connectivity index (χ0) is 12.5. The van der Waals surface area contributed by atoms with Gasteiger partial charge in [0, 0.05) is 10.0 Å². The maximum absolute atomic E-state index is 11.9. The molecule has 0 aliphatic heterocycles. The molecule has 5 heteroatoms. The van der Waals surface area contributed by atoms with Crippen LogP contribution in [-0.2, 0) is 0 Å². The first-order chi connectivity index (χ1) is 8.06. The molecule has 1 fully saturated rings. The first kappa shape index (κ1) is 12.4. The Morgan fingerprint density at radius 3 is 2.71 bits per heavy atom. The topological polar surface area (TPSA) is 52.9 Å². The zero-order valence-electron chi connectivity index (χ0n) is 8.96. The third-order valence-corrected chi connectivity index (χ3v) is 4.19. The van der Waals surface area contributed by atoms with Gasteiger partial charge in [-0.3, -0.25) is 4.79 Å². The van der Waals surface area contributed by atoms with Gasteiger partial charge in [0.2, 0.25) is 0 Å². The van der Waals surface area contributed by atoms with Crippen molar-refractivity contribution >= 4 is 33.4 Å². The van der Waals surface area contributed by atoms with Crippen LogP contribution in [0.5, 0.6) is 0 Å². The van der Waals surface area contributed by atoms with Crippen LogP contribution in [0.2, 0.25) is 5.02 Å². The first-order valence-electron chi connectivity index (χ1n) is 5.25. The monoisotopic (exact) mass is 312 g/mol. The number of carbonyl (C=O) groups excluding carboxylic acids is 1. The lowest BCUT2D eigenvalue weighted by Crippen LogP contribution is -2.52. The number of carbonyl (C=O) groups is 1. The molecule has 3 nitrogen and oxygen atoms in total. The van der Waals surface area contributed by atoms with Crippen LogP contribution in [0.3, 0.4) is 0 Å². The van der Waals surface area contributed by atoms with Crippen molar-refractivity contribution in [2.24, 2.45) is 0 Å². The summed E-state index contributed by atoms with van der Waals surface area (Å²) >= 11 is 9.18. The first-order valence-corrected chi connectivity index (χ1v) is 6.42. The number of nitriles is 1. The number of nitrogens with zero attached hydrogens (tertiary/aromatic N) is 1. The van der Waals surface area contributed by atoms with E-state index in [0.29, 0.717) is 10.6 Å². The van der Waals surface area contributed by atoms with Crippen LogP contribution in [-0.4, -0.2) is 11.4 Å². The zero-order valence-corrected chi connectivity index (χ0v) is 11.3. The minimum atomic E-state index is -0.670. The molecule has 1 aliphatic carbocycles. The number of hydrogen-bond acceptors (Lipinski definition) is 2. The molecule has 1 aliphatic rings. The molecule has 2 rings (SSSR count). The van der Waals surface area contributed by atoms with Crippen molar-refractivity contribution in [2.45, 2.75) is 24.8 Å². The van der Waals surface area contributed by atoms with E-state index in [1.54, 1.807) is 18.2 Å². The summed E-state index contributed by atoms with van der Waals surface area (Å²) in [6.45, 7) is 0. The molecule has 1 saturated carbocycles. The molecule has 0 spiro atoms. The summed E-state index contributed by atoms with van der Waals surface area (Å²) in [6.07, 6.45) is 2.42. The average Bonchev–Trinajstić information content (AvgIpc) is 2.27. The fourth-order valence-electron chi connectivity index (χ4n) is 1.72. The highest BCUT2D eigenvalue weighted by atomic mass is 79.9. The summed E-state index contributed by atoms with van der Waals surface area (Å²) in [4.78, 5) is 11.9. The summed E-state index contributed by atoms with van der Waals surface area (Å²) < 4.78 is 0.745. The second kappa shape index (κ2) is 4.67. The predicted molar refractivity (Wildman–Crippen MR) is 68.8 cm³/mol. The summed E-state index contributed by atoms with van der Waals surface area (Å²) in [7, 11) is 0. The Labute approximate surface area is 113 Å². The quantitative estimate of drug-likeness (QED) is 0.911. The maximum atomic E-state index is 11.9. The molecule has 1 aromatic rings. The van der Waals surface area contributed by atoms with E-state index in [-0.39, 0.29) is 5.91 Å². The summed E-state index contributed by atoms with van der Waals surface area (Å²) in [6, 6.07) is 7.15. The van der Waals surface area contributed by atoms with Gasteiger partial charge in [-0.15, -0.1) is 0 Å². The van der Waals surface area contributed by atoms with Crippen LogP contribution >= 0.6 is 27.5 Å². The molecule has 0 heterocycles. The van der Waals surface area contributed by atoms with E-state index in [4.69, 9.17) is 16.9 Å². The molecule has 0 atom stereocenters. The Bertz CT molecular complexity index is 506. The fraction of sp³-hybridized carbons (Fsp3) is 0.333. The summed E-state index contributed by atoms with van der Waals surface area (Å²) in [5.74, 6) is -0.249. The van der Waals surface area contributed by atoms with Gasteiger partial charge in [0.15, 0.2) is 0 Å². The number of nitrogens with one attached hydrogen (secondary N) is 1. The highest BCUT2D eigenvalue weighted by Gasteiger charge is 2.38. The summed E-state index contributed by atoms with van der Waals surface area (Å²) in [5, 5.41) is 12.3. The van der Waals surface area contributed by atoms with Crippen LogP contribution < -0.4 is 5.32 Å². The molecule has 88 valence electrons. The van der Waals surface area contributed by atoms with Gasteiger partial charge in [-0.1, -0.05) is 11.6 Å². The SMILES string of the molecule is N#CC1(NC(=O)c2ccc(Br)c(Cl)c2)CCC1. The van der Waals surface area contributed by atoms with Crippen LogP contribution in [0.25, 0.3) is 0 Å². The molecule has 0 saturated heterocycles. The van der Waals surface area contributed by atoms with Crippen molar-refractivity contribution in [1.29, 1.82) is 5.26 Å². The van der Waals surface area contributed by atoms with Crippen molar-refractivity contribution in [3.63, 3.8) is 0 Å². The van der Waals surface area contributed by atoms with E-state index in [2.05, 4.69) is 27.3 Å². The molecular formula is C12H10BrClN2O. The molecule has 0 bridgehead atoms. The van der Waals surface area contributed by atoms with Crippen molar-refractivity contribution in [3.05, 3.63) is 33.3 Å². The molecular weight excluding hydrogens is 304 g/mol. The van der Waals surface area contributed by atoms with E-state index in [1.807, 2.05) is 0 Å². The lowest BCUT2D eigenvalue weighted by molar-refractivity contribution is 0.0881. The average molecular weight is 314 g/mol. The molecule has 0 aromatic heterocycles. The highest BCUT2D eigenvalue weighted by Crippen LogP contribution is 2.31. The largest absolute Gasteiger partial charge is 0.334 e. The normalized spacial score (nSPS) is 16.8. The number of benzene rings is 1. The Hall–Kier alpha value is -1.05. The lowest BCUT2D eigenvalue weighted by atomic mass is 9.78. The second-order valence-electron chi connectivity index (χ2n) is 4.13. The maximum Gasteiger partial charge on any atom is 0.252 e. The van der Waals surface area contributed by atoms with Crippen molar-refractivity contribution < 1.29 is 4.79 Å². The van der Waals surface area contributed by atoms with E-state index >= 15 is 0 Å². The van der Waals surface area contributed by atoms with Crippen molar-refractivity contribution in [1.82, 2.24) is 5.32 Å². The molecule has 0 unspecified atom stereocenters. The van der Waals surface area contributed by atoms with Gasteiger partial charge < -0.3 is 5.32 Å². The third-order valence-electron chi connectivity index (χ3n) is 2.96. The minimum absolute atomic E-state index is 0.249. The van der Waals surface area contributed by atoms with Gasteiger partial charge >= 0.3 is 0 Å². The van der Waals surface area contributed by atoms with Crippen LogP contribution in [0.15, 0.2) is 22.7 Å². The molecule has 0 radical (unpaired) electrons. The number of halogens is 2. The van der Waals surface area contributed by atoms with Gasteiger partial charge in [-0.05, 0) is 53.4 Å².